The Morgan fingerprint density at radius 3 is 2.89 bits per heavy atom. The van der Waals surface area contributed by atoms with Crippen molar-refractivity contribution in [2.24, 2.45) is 0 Å². The topological polar surface area (TPSA) is 68.1 Å². The van der Waals surface area contributed by atoms with Crippen LogP contribution in [0.3, 0.4) is 0 Å². The molecule has 0 aliphatic rings. The molecule has 5 nitrogen and oxygen atoms in total. The summed E-state index contributed by atoms with van der Waals surface area (Å²) in [7, 11) is 0. The zero-order valence-corrected chi connectivity index (χ0v) is 11.9. The van der Waals surface area contributed by atoms with Crippen molar-refractivity contribution in [3.05, 3.63) is 48.9 Å². The van der Waals surface area contributed by atoms with E-state index in [0.29, 0.717) is 11.0 Å². The van der Waals surface area contributed by atoms with Crippen molar-refractivity contribution in [1.82, 2.24) is 4.98 Å². The summed E-state index contributed by atoms with van der Waals surface area (Å²) in [6.07, 6.45) is 0. The third kappa shape index (κ3) is 3.05. The van der Waals surface area contributed by atoms with Gasteiger partial charge in [0.05, 0.1) is 15.9 Å². The molecular weight excluding hydrogens is 318 g/mol. The number of aromatic nitrogens is 1. The summed E-state index contributed by atoms with van der Waals surface area (Å²) in [5.74, 6) is 0. The Hall–Kier alpha value is -1.47. The van der Waals surface area contributed by atoms with Crippen LogP contribution in [-0.2, 0) is 6.54 Å². The number of nitro groups is 1. The van der Waals surface area contributed by atoms with Crippen LogP contribution in [0.1, 0.15) is 10.7 Å². The number of halogens is 1. The number of thiazole rings is 1. The number of nitrogens with one attached hydrogen (secondary N) is 1. The predicted molar refractivity (Wildman–Crippen MR) is 75.0 cm³/mol. The quantitative estimate of drug-likeness (QED) is 0.686. The predicted octanol–water partition coefficient (Wildman–Crippen LogP) is 3.73. The summed E-state index contributed by atoms with van der Waals surface area (Å²) in [5, 5.41) is 16.8. The molecule has 0 aliphatic carbocycles. The maximum atomic E-state index is 10.7. The fourth-order valence-electron chi connectivity index (χ4n) is 1.43. The van der Waals surface area contributed by atoms with Crippen LogP contribution in [-0.4, -0.2) is 9.91 Å². The first-order valence-electron chi connectivity index (χ1n) is 5.15. The van der Waals surface area contributed by atoms with Gasteiger partial charge in [0.2, 0.25) is 0 Å². The molecule has 0 radical (unpaired) electrons. The molecule has 0 bridgehead atoms. The smallest absolute Gasteiger partial charge is 0.283 e. The second-order valence-corrected chi connectivity index (χ2v) is 5.46. The first-order valence-corrected chi connectivity index (χ1v) is 6.82. The van der Waals surface area contributed by atoms with Gasteiger partial charge in [-0.15, -0.1) is 11.3 Å². The molecule has 1 N–H and O–H groups in total. The van der Waals surface area contributed by atoms with Gasteiger partial charge in [0, 0.05) is 22.8 Å². The number of nitrogens with zero attached hydrogens (tertiary/aromatic N) is 2. The lowest BCUT2D eigenvalue weighted by atomic mass is 10.3. The van der Waals surface area contributed by atoms with Crippen LogP contribution >= 0.6 is 27.3 Å². The molecule has 0 spiro atoms. The molecule has 94 valence electrons. The molecule has 18 heavy (non-hydrogen) atoms. The number of benzene rings is 1. The van der Waals surface area contributed by atoms with Gasteiger partial charge in [-0.05, 0) is 35.0 Å². The number of anilines is 1. The average molecular weight is 328 g/mol. The van der Waals surface area contributed by atoms with E-state index in [1.54, 1.807) is 23.5 Å². The van der Waals surface area contributed by atoms with E-state index in [9.17, 15) is 10.1 Å². The van der Waals surface area contributed by atoms with E-state index < -0.39 is 4.92 Å². The lowest BCUT2D eigenvalue weighted by Crippen LogP contribution is -1.99. The van der Waals surface area contributed by atoms with Crippen molar-refractivity contribution < 1.29 is 4.92 Å². The van der Waals surface area contributed by atoms with Crippen molar-refractivity contribution in [3.63, 3.8) is 0 Å². The molecule has 0 unspecified atom stereocenters. The minimum atomic E-state index is -0.419. The Kier molecular flexibility index (Phi) is 3.93. The molecule has 0 saturated heterocycles. The fraction of sp³-hybridized carbons (Fsp3) is 0.182. The van der Waals surface area contributed by atoms with Gasteiger partial charge in [-0.1, -0.05) is 0 Å². The average Bonchev–Trinajstić information content (AvgIpc) is 2.72. The SMILES string of the molecule is Cc1csc(CNc2ccc([N+](=O)[O-])c(Br)c2)n1. The highest BCUT2D eigenvalue weighted by Gasteiger charge is 2.11. The van der Waals surface area contributed by atoms with Crippen LogP contribution in [0.25, 0.3) is 0 Å². The van der Waals surface area contributed by atoms with Crippen LogP contribution < -0.4 is 5.32 Å². The monoisotopic (exact) mass is 327 g/mol. The van der Waals surface area contributed by atoms with Crippen LogP contribution in [0, 0.1) is 17.0 Å². The van der Waals surface area contributed by atoms with Gasteiger partial charge in [0.1, 0.15) is 5.01 Å². The summed E-state index contributed by atoms with van der Waals surface area (Å²) in [6.45, 7) is 2.56. The molecular formula is C11H10BrN3O2S. The second-order valence-electron chi connectivity index (χ2n) is 3.66. The summed E-state index contributed by atoms with van der Waals surface area (Å²) in [5.41, 5.74) is 1.88. The van der Waals surface area contributed by atoms with Gasteiger partial charge < -0.3 is 5.32 Å². The van der Waals surface area contributed by atoms with E-state index in [4.69, 9.17) is 0 Å². The zero-order valence-electron chi connectivity index (χ0n) is 9.51. The number of hydrogen-bond donors (Lipinski definition) is 1. The Morgan fingerprint density at radius 2 is 2.33 bits per heavy atom. The normalized spacial score (nSPS) is 10.3. The molecule has 0 saturated carbocycles. The van der Waals surface area contributed by atoms with Crippen molar-refractivity contribution >= 4 is 38.6 Å². The van der Waals surface area contributed by atoms with Crippen molar-refractivity contribution in [1.29, 1.82) is 0 Å². The van der Waals surface area contributed by atoms with E-state index in [-0.39, 0.29) is 5.69 Å². The minimum absolute atomic E-state index is 0.0608. The number of nitro benzene ring substituents is 1. The van der Waals surface area contributed by atoms with E-state index >= 15 is 0 Å². The Labute approximate surface area is 116 Å². The van der Waals surface area contributed by atoms with Crippen LogP contribution in [0.4, 0.5) is 11.4 Å². The first kappa shape index (κ1) is 13.0. The molecule has 0 aliphatic heterocycles. The summed E-state index contributed by atoms with van der Waals surface area (Å²) in [6, 6.07) is 4.85. The third-order valence-electron chi connectivity index (χ3n) is 2.25. The lowest BCUT2D eigenvalue weighted by Gasteiger charge is -2.04. The van der Waals surface area contributed by atoms with Gasteiger partial charge in [-0.2, -0.15) is 0 Å². The Morgan fingerprint density at radius 1 is 1.56 bits per heavy atom. The minimum Gasteiger partial charge on any atom is -0.378 e. The van der Waals surface area contributed by atoms with Gasteiger partial charge in [-0.3, -0.25) is 10.1 Å². The van der Waals surface area contributed by atoms with E-state index in [1.165, 1.54) is 6.07 Å². The summed E-state index contributed by atoms with van der Waals surface area (Å²) in [4.78, 5) is 14.6. The Bertz CT molecular complexity index is 585. The van der Waals surface area contributed by atoms with Crippen LogP contribution in [0.2, 0.25) is 0 Å². The van der Waals surface area contributed by atoms with Gasteiger partial charge >= 0.3 is 0 Å². The Balaban J connectivity index is 2.06. The molecule has 7 heteroatoms. The largest absolute Gasteiger partial charge is 0.378 e. The van der Waals surface area contributed by atoms with Crippen molar-refractivity contribution in [2.45, 2.75) is 13.5 Å². The van der Waals surface area contributed by atoms with E-state index in [2.05, 4.69) is 26.2 Å². The molecule has 1 aromatic carbocycles. The highest BCUT2D eigenvalue weighted by molar-refractivity contribution is 9.10. The maximum Gasteiger partial charge on any atom is 0.283 e. The van der Waals surface area contributed by atoms with Crippen molar-refractivity contribution in [3.8, 4) is 0 Å². The molecule has 1 aromatic heterocycles. The summed E-state index contributed by atoms with van der Waals surface area (Å²) >= 11 is 4.77. The van der Waals surface area contributed by atoms with Crippen molar-refractivity contribution in [2.75, 3.05) is 5.32 Å². The summed E-state index contributed by atoms with van der Waals surface area (Å²) < 4.78 is 0.466. The third-order valence-corrected chi connectivity index (χ3v) is 3.86. The highest BCUT2D eigenvalue weighted by Crippen LogP contribution is 2.27. The van der Waals surface area contributed by atoms with E-state index in [0.717, 1.165) is 16.4 Å². The molecule has 2 rings (SSSR count). The number of hydrogen-bond acceptors (Lipinski definition) is 5. The van der Waals surface area contributed by atoms with Crippen LogP contribution in [0.15, 0.2) is 28.1 Å². The van der Waals surface area contributed by atoms with Gasteiger partial charge in [0.25, 0.3) is 5.69 Å². The van der Waals surface area contributed by atoms with E-state index in [1.807, 2.05) is 12.3 Å². The maximum absolute atomic E-state index is 10.7. The number of rotatable bonds is 4. The molecule has 2 aromatic rings. The first-order chi connectivity index (χ1) is 8.56. The molecule has 0 atom stereocenters. The fourth-order valence-corrected chi connectivity index (χ4v) is 2.66. The number of aryl methyl sites for hydroxylation is 1. The second kappa shape index (κ2) is 5.45. The zero-order chi connectivity index (χ0) is 13.1. The molecule has 1 heterocycles. The molecule has 0 amide bonds. The van der Waals surface area contributed by atoms with Gasteiger partial charge in [0.15, 0.2) is 0 Å². The molecule has 0 fully saturated rings. The highest BCUT2D eigenvalue weighted by atomic mass is 79.9. The van der Waals surface area contributed by atoms with Gasteiger partial charge in [-0.25, -0.2) is 4.98 Å². The lowest BCUT2D eigenvalue weighted by molar-refractivity contribution is -0.385. The standard InChI is InChI=1S/C11H10BrN3O2S/c1-7-6-18-11(14-7)5-13-8-2-3-10(15(16)17)9(12)4-8/h2-4,6,13H,5H2,1H3. The van der Waals surface area contributed by atoms with Crippen LogP contribution in [0.5, 0.6) is 0 Å².